The van der Waals surface area contributed by atoms with Crippen LogP contribution in [0.4, 0.5) is 0 Å². The maximum Gasteiger partial charge on any atom is 0.310 e. The first-order valence-corrected chi connectivity index (χ1v) is 7.47. The number of aromatic nitrogens is 1. The predicted octanol–water partition coefficient (Wildman–Crippen LogP) is 0.486. The zero-order chi connectivity index (χ0) is 14.8. The van der Waals surface area contributed by atoms with E-state index < -0.39 is 21.4 Å². The van der Waals surface area contributed by atoms with Gasteiger partial charge in [0.25, 0.3) is 0 Å². The summed E-state index contributed by atoms with van der Waals surface area (Å²) in [6.07, 6.45) is 2.80. The molecule has 0 unspecified atom stereocenters. The fraction of sp³-hybridized carbons (Fsp3) is 0.417. The van der Waals surface area contributed by atoms with Crippen LogP contribution in [0.2, 0.25) is 0 Å². The number of nitrogens with one attached hydrogen (secondary N) is 1. The third kappa shape index (κ3) is 2.64. The molecule has 1 aliphatic carbocycles. The maximum atomic E-state index is 12.0. The Balaban J connectivity index is 2.11. The molecule has 2 rings (SSSR count). The van der Waals surface area contributed by atoms with E-state index in [1.807, 2.05) is 0 Å². The van der Waals surface area contributed by atoms with Gasteiger partial charge in [-0.1, -0.05) is 6.42 Å². The molecule has 20 heavy (non-hydrogen) atoms. The molecule has 1 aromatic rings. The number of aliphatic carboxylic acids is 1. The van der Waals surface area contributed by atoms with Crippen molar-refractivity contribution >= 4 is 16.0 Å². The number of nitriles is 1. The Kier molecular flexibility index (Phi) is 3.74. The van der Waals surface area contributed by atoms with Crippen molar-refractivity contribution in [1.29, 1.82) is 5.26 Å². The van der Waals surface area contributed by atoms with Crippen LogP contribution in [0.15, 0.2) is 23.2 Å². The molecule has 0 spiro atoms. The van der Waals surface area contributed by atoms with E-state index in [1.165, 1.54) is 12.1 Å². The van der Waals surface area contributed by atoms with Gasteiger partial charge < -0.3 is 5.11 Å². The molecular formula is C12H13N3O4S. The quantitative estimate of drug-likeness (QED) is 0.815. The van der Waals surface area contributed by atoms with E-state index >= 15 is 0 Å². The molecule has 0 atom stereocenters. The van der Waals surface area contributed by atoms with Gasteiger partial charge in [-0.3, -0.25) is 4.79 Å². The number of carboxylic acid groups (broad SMARTS) is 1. The number of hydrogen-bond acceptors (Lipinski definition) is 5. The second-order valence-electron chi connectivity index (χ2n) is 4.75. The minimum atomic E-state index is -3.81. The van der Waals surface area contributed by atoms with E-state index in [1.54, 1.807) is 6.07 Å². The van der Waals surface area contributed by atoms with Crippen molar-refractivity contribution in [2.75, 3.05) is 6.54 Å². The number of hydrogen-bond donors (Lipinski definition) is 2. The number of carboxylic acids is 1. The molecule has 0 saturated heterocycles. The summed E-state index contributed by atoms with van der Waals surface area (Å²) in [6, 6.07) is 4.35. The monoisotopic (exact) mass is 295 g/mol. The lowest BCUT2D eigenvalue weighted by Crippen LogP contribution is -2.47. The summed E-state index contributed by atoms with van der Waals surface area (Å²) in [5, 5.41) is 17.7. The van der Waals surface area contributed by atoms with E-state index in [4.69, 9.17) is 10.4 Å². The molecule has 1 saturated carbocycles. The molecule has 0 bridgehead atoms. The molecule has 0 aliphatic heterocycles. The van der Waals surface area contributed by atoms with Gasteiger partial charge in [-0.05, 0) is 25.0 Å². The van der Waals surface area contributed by atoms with Crippen LogP contribution in [0.3, 0.4) is 0 Å². The van der Waals surface area contributed by atoms with Crippen molar-refractivity contribution < 1.29 is 18.3 Å². The standard InChI is InChI=1S/C12H13N3O4S/c13-6-9-2-3-10(7-14-9)20(18,19)15-8-12(11(16)17)4-1-5-12/h2-3,7,15H,1,4-5,8H2,(H,16,17). The molecule has 1 aromatic heterocycles. The van der Waals surface area contributed by atoms with Gasteiger partial charge in [0, 0.05) is 12.7 Å². The maximum absolute atomic E-state index is 12.0. The molecule has 0 radical (unpaired) electrons. The van der Waals surface area contributed by atoms with Crippen molar-refractivity contribution in [2.24, 2.45) is 5.41 Å². The van der Waals surface area contributed by atoms with Crippen molar-refractivity contribution in [3.05, 3.63) is 24.0 Å². The van der Waals surface area contributed by atoms with Crippen LogP contribution in [-0.4, -0.2) is 31.0 Å². The zero-order valence-corrected chi connectivity index (χ0v) is 11.4. The first-order chi connectivity index (χ1) is 9.39. The highest BCUT2D eigenvalue weighted by Crippen LogP contribution is 2.40. The van der Waals surface area contributed by atoms with Crippen LogP contribution in [0.5, 0.6) is 0 Å². The number of pyridine rings is 1. The first kappa shape index (κ1) is 14.4. The number of nitrogens with zero attached hydrogens (tertiary/aromatic N) is 2. The highest BCUT2D eigenvalue weighted by atomic mass is 32.2. The molecular weight excluding hydrogens is 282 g/mol. The molecule has 1 aliphatic rings. The smallest absolute Gasteiger partial charge is 0.310 e. The topological polar surface area (TPSA) is 120 Å². The Morgan fingerprint density at radius 1 is 1.50 bits per heavy atom. The lowest BCUT2D eigenvalue weighted by Gasteiger charge is -2.37. The van der Waals surface area contributed by atoms with Gasteiger partial charge in [0.05, 0.1) is 5.41 Å². The molecule has 7 nitrogen and oxygen atoms in total. The molecule has 8 heteroatoms. The zero-order valence-electron chi connectivity index (χ0n) is 10.5. The third-order valence-corrected chi connectivity index (χ3v) is 4.91. The van der Waals surface area contributed by atoms with Gasteiger partial charge in [-0.25, -0.2) is 18.1 Å². The Labute approximate surface area is 116 Å². The summed E-state index contributed by atoms with van der Waals surface area (Å²) in [4.78, 5) is 14.8. The Morgan fingerprint density at radius 3 is 2.60 bits per heavy atom. The average Bonchev–Trinajstić information content (AvgIpc) is 2.37. The van der Waals surface area contributed by atoms with Gasteiger partial charge in [-0.15, -0.1) is 0 Å². The van der Waals surface area contributed by atoms with Crippen LogP contribution < -0.4 is 4.72 Å². The second kappa shape index (κ2) is 5.19. The summed E-state index contributed by atoms with van der Waals surface area (Å²) in [5.74, 6) is -0.982. The first-order valence-electron chi connectivity index (χ1n) is 5.99. The Hall–Kier alpha value is -1.98. The summed E-state index contributed by atoms with van der Waals surface area (Å²) >= 11 is 0. The van der Waals surface area contributed by atoms with Gasteiger partial charge in [0.15, 0.2) is 0 Å². The van der Waals surface area contributed by atoms with Gasteiger partial charge in [-0.2, -0.15) is 5.26 Å². The van der Waals surface area contributed by atoms with Crippen LogP contribution in [0.25, 0.3) is 0 Å². The highest BCUT2D eigenvalue weighted by Gasteiger charge is 2.44. The number of rotatable bonds is 5. The van der Waals surface area contributed by atoms with Crippen molar-refractivity contribution in [3.8, 4) is 6.07 Å². The number of sulfonamides is 1. The molecule has 2 N–H and O–H groups in total. The largest absolute Gasteiger partial charge is 0.481 e. The predicted molar refractivity (Wildman–Crippen MR) is 68.1 cm³/mol. The third-order valence-electron chi connectivity index (χ3n) is 3.53. The minimum absolute atomic E-state index is 0.0867. The lowest BCUT2D eigenvalue weighted by molar-refractivity contribution is -0.153. The van der Waals surface area contributed by atoms with E-state index in [2.05, 4.69) is 9.71 Å². The van der Waals surface area contributed by atoms with E-state index in [-0.39, 0.29) is 17.1 Å². The van der Waals surface area contributed by atoms with Crippen LogP contribution >= 0.6 is 0 Å². The van der Waals surface area contributed by atoms with E-state index in [0.29, 0.717) is 12.8 Å². The van der Waals surface area contributed by atoms with Crippen LogP contribution in [-0.2, 0) is 14.8 Å². The molecule has 0 amide bonds. The van der Waals surface area contributed by atoms with Gasteiger partial charge in [0.2, 0.25) is 10.0 Å². The van der Waals surface area contributed by atoms with Gasteiger partial charge in [0.1, 0.15) is 16.7 Å². The van der Waals surface area contributed by atoms with Crippen molar-refractivity contribution in [3.63, 3.8) is 0 Å². The summed E-state index contributed by atoms with van der Waals surface area (Å²) in [5.41, 5.74) is -0.877. The van der Waals surface area contributed by atoms with Crippen molar-refractivity contribution in [2.45, 2.75) is 24.2 Å². The normalized spacial score (nSPS) is 16.9. The Bertz CT molecular complexity index is 657. The SMILES string of the molecule is N#Cc1ccc(S(=O)(=O)NCC2(C(=O)O)CCC2)cn1. The minimum Gasteiger partial charge on any atom is -0.481 e. The molecule has 0 aromatic carbocycles. The van der Waals surface area contributed by atoms with Crippen molar-refractivity contribution in [1.82, 2.24) is 9.71 Å². The summed E-state index contributed by atoms with van der Waals surface area (Å²) < 4.78 is 26.3. The van der Waals surface area contributed by atoms with E-state index in [0.717, 1.165) is 12.6 Å². The fourth-order valence-corrected chi connectivity index (χ4v) is 3.06. The molecule has 1 heterocycles. The number of carbonyl (C=O) groups is 1. The van der Waals surface area contributed by atoms with Gasteiger partial charge >= 0.3 is 5.97 Å². The van der Waals surface area contributed by atoms with E-state index in [9.17, 15) is 13.2 Å². The Morgan fingerprint density at radius 2 is 2.20 bits per heavy atom. The summed E-state index contributed by atoms with van der Waals surface area (Å²) in [7, 11) is -3.81. The average molecular weight is 295 g/mol. The summed E-state index contributed by atoms with van der Waals surface area (Å²) in [6.45, 7) is -0.134. The van der Waals surface area contributed by atoms with Crippen LogP contribution in [0.1, 0.15) is 25.0 Å². The lowest BCUT2D eigenvalue weighted by atomic mass is 9.69. The highest BCUT2D eigenvalue weighted by molar-refractivity contribution is 7.89. The molecule has 106 valence electrons. The fourth-order valence-electron chi connectivity index (χ4n) is 1.99. The second-order valence-corrected chi connectivity index (χ2v) is 6.52. The van der Waals surface area contributed by atoms with Crippen LogP contribution in [0, 0.1) is 16.7 Å². The molecule has 1 fully saturated rings.